The van der Waals surface area contributed by atoms with Crippen molar-refractivity contribution < 1.29 is 14.3 Å². The molecule has 0 spiro atoms. The molecule has 5 heteroatoms. The molecule has 1 amide bonds. The van der Waals surface area contributed by atoms with Gasteiger partial charge in [0.2, 0.25) is 0 Å². The molecule has 1 heterocycles. The van der Waals surface area contributed by atoms with E-state index in [-0.39, 0.29) is 12.1 Å². The molecule has 18 heavy (non-hydrogen) atoms. The molecule has 1 unspecified atom stereocenters. The quantitative estimate of drug-likeness (QED) is 0.780. The maximum atomic E-state index is 12.1. The van der Waals surface area contributed by atoms with E-state index >= 15 is 0 Å². The first-order chi connectivity index (χ1) is 8.44. The maximum Gasteiger partial charge on any atom is 0.410 e. The van der Waals surface area contributed by atoms with Crippen LogP contribution in [0.1, 0.15) is 40.0 Å². The summed E-state index contributed by atoms with van der Waals surface area (Å²) in [7, 11) is 0. The van der Waals surface area contributed by atoms with Gasteiger partial charge in [-0.05, 0) is 40.2 Å². The number of nitrogens with zero attached hydrogens (tertiary/aromatic N) is 1. The fraction of sp³-hybridized carbons (Fsp3) is 0.923. The van der Waals surface area contributed by atoms with Crippen LogP contribution in [-0.2, 0) is 9.47 Å². The lowest BCUT2D eigenvalue weighted by Gasteiger charge is -2.36. The number of hydrogen-bond acceptors (Lipinski definition) is 4. The Kier molecular flexibility index (Phi) is 5.88. The molecule has 106 valence electrons. The molecule has 0 aliphatic carbocycles. The smallest absolute Gasteiger partial charge is 0.410 e. The van der Waals surface area contributed by atoms with E-state index in [0.717, 1.165) is 19.3 Å². The van der Waals surface area contributed by atoms with E-state index in [1.807, 2.05) is 20.8 Å². The third kappa shape index (κ3) is 5.23. The van der Waals surface area contributed by atoms with Crippen LogP contribution < -0.4 is 5.73 Å². The van der Waals surface area contributed by atoms with Gasteiger partial charge >= 0.3 is 6.09 Å². The number of ether oxygens (including phenoxy) is 2. The Bertz CT molecular complexity index is 263. The average molecular weight is 258 g/mol. The molecular formula is C13H26N2O3. The van der Waals surface area contributed by atoms with Gasteiger partial charge in [0, 0.05) is 6.54 Å². The number of carbonyl (C=O) groups is 1. The number of hydrogen-bond donors (Lipinski definition) is 1. The normalized spacial score (nSPS) is 20.9. The van der Waals surface area contributed by atoms with Gasteiger partial charge in [0.25, 0.3) is 0 Å². The average Bonchev–Trinajstić information content (AvgIpc) is 2.27. The van der Waals surface area contributed by atoms with E-state index < -0.39 is 5.60 Å². The van der Waals surface area contributed by atoms with E-state index in [0.29, 0.717) is 26.3 Å². The van der Waals surface area contributed by atoms with Crippen LogP contribution in [0.2, 0.25) is 0 Å². The van der Waals surface area contributed by atoms with Crippen molar-refractivity contribution in [1.82, 2.24) is 4.90 Å². The summed E-state index contributed by atoms with van der Waals surface area (Å²) in [6.45, 7) is 8.15. The van der Waals surface area contributed by atoms with Gasteiger partial charge in [0.1, 0.15) is 5.60 Å². The van der Waals surface area contributed by atoms with Gasteiger partial charge in [0.05, 0.1) is 19.3 Å². The Hall–Kier alpha value is -0.810. The van der Waals surface area contributed by atoms with Crippen LogP contribution in [0.4, 0.5) is 4.79 Å². The molecule has 0 aromatic rings. The molecule has 1 rings (SSSR count). The molecule has 0 saturated carbocycles. The first kappa shape index (κ1) is 15.2. The minimum atomic E-state index is -0.447. The lowest BCUT2D eigenvalue weighted by molar-refractivity contribution is -0.0343. The predicted octanol–water partition coefficient (Wildman–Crippen LogP) is 1.75. The minimum Gasteiger partial charge on any atom is -0.444 e. The second-order valence-corrected chi connectivity index (χ2v) is 5.69. The molecule has 5 nitrogen and oxygen atoms in total. The fourth-order valence-electron chi connectivity index (χ4n) is 1.98. The fourth-order valence-corrected chi connectivity index (χ4v) is 1.98. The number of carbonyl (C=O) groups excluding carboxylic acids is 1. The lowest BCUT2D eigenvalue weighted by Crippen LogP contribution is -2.50. The van der Waals surface area contributed by atoms with Crippen LogP contribution >= 0.6 is 0 Å². The van der Waals surface area contributed by atoms with Gasteiger partial charge < -0.3 is 20.1 Å². The van der Waals surface area contributed by atoms with Gasteiger partial charge in [-0.25, -0.2) is 4.79 Å². The van der Waals surface area contributed by atoms with Crippen molar-refractivity contribution in [2.24, 2.45) is 5.73 Å². The van der Waals surface area contributed by atoms with E-state index in [1.165, 1.54) is 0 Å². The monoisotopic (exact) mass is 258 g/mol. The minimum absolute atomic E-state index is 0.125. The van der Waals surface area contributed by atoms with Crippen LogP contribution in [0, 0.1) is 0 Å². The molecule has 0 radical (unpaired) electrons. The Balaban J connectivity index is 2.50. The second-order valence-electron chi connectivity index (χ2n) is 5.69. The largest absolute Gasteiger partial charge is 0.444 e. The highest BCUT2D eigenvalue weighted by molar-refractivity contribution is 5.68. The van der Waals surface area contributed by atoms with Crippen LogP contribution in [0.3, 0.4) is 0 Å². The number of unbranched alkanes of at least 4 members (excludes halogenated alkanes) is 1. The summed E-state index contributed by atoms with van der Waals surface area (Å²) in [5, 5.41) is 0. The van der Waals surface area contributed by atoms with Crippen LogP contribution in [0.15, 0.2) is 0 Å². The Labute approximate surface area is 110 Å². The third-order valence-corrected chi connectivity index (χ3v) is 2.85. The highest BCUT2D eigenvalue weighted by atomic mass is 16.6. The summed E-state index contributed by atoms with van der Waals surface area (Å²) < 4.78 is 10.9. The molecule has 1 aliphatic heterocycles. The lowest BCUT2D eigenvalue weighted by atomic mass is 10.1. The predicted molar refractivity (Wildman–Crippen MR) is 70.5 cm³/mol. The molecule has 0 bridgehead atoms. The molecule has 0 aromatic heterocycles. The third-order valence-electron chi connectivity index (χ3n) is 2.85. The standard InChI is InChI=1S/C13H26N2O3/c1-13(2,3)18-12(16)15-8-9-17-10-11(15)6-4-5-7-14/h11H,4-10,14H2,1-3H3. The van der Waals surface area contributed by atoms with Crippen LogP contribution in [-0.4, -0.2) is 48.9 Å². The summed E-state index contributed by atoms with van der Waals surface area (Å²) in [6, 6.07) is 0.125. The summed E-state index contributed by atoms with van der Waals surface area (Å²) in [6.07, 6.45) is 2.70. The van der Waals surface area contributed by atoms with Crippen molar-refractivity contribution in [2.45, 2.75) is 51.7 Å². The van der Waals surface area contributed by atoms with E-state index in [4.69, 9.17) is 15.2 Å². The van der Waals surface area contributed by atoms with Gasteiger partial charge in [-0.15, -0.1) is 0 Å². The number of amides is 1. The van der Waals surface area contributed by atoms with E-state index in [2.05, 4.69) is 0 Å². The first-order valence-corrected chi connectivity index (χ1v) is 6.71. The number of nitrogens with two attached hydrogens (primary N) is 1. The van der Waals surface area contributed by atoms with Crippen LogP contribution in [0.5, 0.6) is 0 Å². The van der Waals surface area contributed by atoms with Crippen molar-refractivity contribution >= 4 is 6.09 Å². The molecular weight excluding hydrogens is 232 g/mol. The zero-order chi connectivity index (χ0) is 13.6. The van der Waals surface area contributed by atoms with Crippen molar-refractivity contribution in [3.63, 3.8) is 0 Å². The highest BCUT2D eigenvalue weighted by Crippen LogP contribution is 2.17. The van der Waals surface area contributed by atoms with Crippen LogP contribution in [0.25, 0.3) is 0 Å². The maximum absolute atomic E-state index is 12.1. The molecule has 0 aromatic carbocycles. The second kappa shape index (κ2) is 6.95. The molecule has 1 atom stereocenters. The van der Waals surface area contributed by atoms with Crippen molar-refractivity contribution in [3.05, 3.63) is 0 Å². The molecule has 1 saturated heterocycles. The zero-order valence-corrected chi connectivity index (χ0v) is 11.8. The molecule has 2 N–H and O–H groups in total. The first-order valence-electron chi connectivity index (χ1n) is 6.71. The summed E-state index contributed by atoms with van der Waals surface area (Å²) in [5.74, 6) is 0. The van der Waals surface area contributed by atoms with Gasteiger partial charge in [-0.2, -0.15) is 0 Å². The van der Waals surface area contributed by atoms with E-state index in [9.17, 15) is 4.79 Å². The van der Waals surface area contributed by atoms with Crippen molar-refractivity contribution in [2.75, 3.05) is 26.3 Å². The Morgan fingerprint density at radius 2 is 2.17 bits per heavy atom. The Morgan fingerprint density at radius 3 is 2.78 bits per heavy atom. The highest BCUT2D eigenvalue weighted by Gasteiger charge is 2.30. The summed E-state index contributed by atoms with van der Waals surface area (Å²) in [4.78, 5) is 13.9. The summed E-state index contributed by atoms with van der Waals surface area (Å²) in [5.41, 5.74) is 5.04. The SMILES string of the molecule is CC(C)(C)OC(=O)N1CCOCC1CCCCN. The van der Waals surface area contributed by atoms with Gasteiger partial charge in [0.15, 0.2) is 0 Å². The molecule has 1 aliphatic rings. The Morgan fingerprint density at radius 1 is 1.44 bits per heavy atom. The van der Waals surface area contributed by atoms with Gasteiger partial charge in [-0.3, -0.25) is 0 Å². The number of rotatable bonds is 4. The topological polar surface area (TPSA) is 64.8 Å². The number of morpholine rings is 1. The van der Waals surface area contributed by atoms with Crippen molar-refractivity contribution in [1.29, 1.82) is 0 Å². The summed E-state index contributed by atoms with van der Waals surface area (Å²) >= 11 is 0. The van der Waals surface area contributed by atoms with E-state index in [1.54, 1.807) is 4.90 Å². The molecule has 1 fully saturated rings. The van der Waals surface area contributed by atoms with Crippen molar-refractivity contribution in [3.8, 4) is 0 Å². The van der Waals surface area contributed by atoms with Gasteiger partial charge in [-0.1, -0.05) is 6.42 Å². The zero-order valence-electron chi connectivity index (χ0n) is 11.8.